The molecule has 1 heterocycles. The van der Waals surface area contributed by atoms with Gasteiger partial charge in [-0.3, -0.25) is 4.79 Å². The summed E-state index contributed by atoms with van der Waals surface area (Å²) in [6, 6.07) is 16.8. The molecule has 5 nitrogen and oxygen atoms in total. The fourth-order valence-corrected chi connectivity index (χ4v) is 2.01. The quantitative estimate of drug-likeness (QED) is 0.725. The molecule has 0 aliphatic heterocycles. The first-order valence-corrected chi connectivity index (χ1v) is 6.86. The molecule has 0 spiro atoms. The van der Waals surface area contributed by atoms with Crippen LogP contribution in [0.4, 0.5) is 5.69 Å². The summed E-state index contributed by atoms with van der Waals surface area (Å²) < 4.78 is 5.35. The molecule has 0 radical (unpaired) electrons. The van der Waals surface area contributed by atoms with Gasteiger partial charge in [-0.15, -0.1) is 0 Å². The minimum atomic E-state index is -0.269. The van der Waals surface area contributed by atoms with Crippen LogP contribution < -0.4 is 11.1 Å². The molecule has 0 atom stereocenters. The molecule has 2 aromatic carbocycles. The van der Waals surface area contributed by atoms with Gasteiger partial charge in [-0.1, -0.05) is 30.3 Å². The lowest BCUT2D eigenvalue weighted by Crippen LogP contribution is -2.23. The third-order valence-corrected chi connectivity index (χ3v) is 3.19. The molecule has 1 aromatic heterocycles. The zero-order valence-electron chi connectivity index (χ0n) is 11.8. The molecule has 0 saturated heterocycles. The van der Waals surface area contributed by atoms with Crippen molar-refractivity contribution >= 4 is 11.6 Å². The van der Waals surface area contributed by atoms with E-state index in [0.29, 0.717) is 18.1 Å². The summed E-state index contributed by atoms with van der Waals surface area (Å²) in [5.41, 5.74) is 8.35. The number of nitrogens with one attached hydrogen (secondary N) is 1. The maximum atomic E-state index is 12.1. The maximum Gasteiger partial charge on any atom is 0.273 e. The highest BCUT2D eigenvalue weighted by atomic mass is 16.3. The van der Waals surface area contributed by atoms with Gasteiger partial charge < -0.3 is 15.5 Å². The van der Waals surface area contributed by atoms with Crippen molar-refractivity contribution in [2.24, 2.45) is 0 Å². The predicted octanol–water partition coefficient (Wildman–Crippen LogP) is 2.85. The van der Waals surface area contributed by atoms with Crippen LogP contribution >= 0.6 is 0 Å². The van der Waals surface area contributed by atoms with E-state index < -0.39 is 0 Å². The number of carbonyl (C=O) groups is 1. The van der Waals surface area contributed by atoms with Gasteiger partial charge in [0.1, 0.15) is 6.26 Å². The second kappa shape index (κ2) is 6.13. The average Bonchev–Trinajstić information content (AvgIpc) is 3.04. The van der Waals surface area contributed by atoms with Crippen LogP contribution in [0.2, 0.25) is 0 Å². The Bertz CT molecular complexity index is 764. The van der Waals surface area contributed by atoms with E-state index in [2.05, 4.69) is 10.3 Å². The number of anilines is 1. The molecule has 1 amide bonds. The summed E-state index contributed by atoms with van der Waals surface area (Å²) in [7, 11) is 0. The molecule has 0 aliphatic rings. The summed E-state index contributed by atoms with van der Waals surface area (Å²) in [5.74, 6) is 0.124. The lowest BCUT2D eigenvalue weighted by atomic mass is 10.2. The number of oxazole rings is 1. The molecule has 22 heavy (non-hydrogen) atoms. The minimum Gasteiger partial charge on any atom is -0.444 e. The highest BCUT2D eigenvalue weighted by Gasteiger charge is 2.13. The van der Waals surface area contributed by atoms with Gasteiger partial charge in [0, 0.05) is 17.8 Å². The smallest absolute Gasteiger partial charge is 0.273 e. The van der Waals surface area contributed by atoms with Gasteiger partial charge in [0.15, 0.2) is 5.69 Å². The third kappa shape index (κ3) is 3.15. The molecular formula is C17H15N3O2. The van der Waals surface area contributed by atoms with Crippen LogP contribution in [0.3, 0.4) is 0 Å². The minimum absolute atomic E-state index is 0.253. The molecule has 0 unspecified atom stereocenters. The van der Waals surface area contributed by atoms with Crippen LogP contribution in [0.1, 0.15) is 16.1 Å². The number of rotatable bonds is 4. The SMILES string of the molecule is Nc1ccc(-c2nc(C(=O)NCc3ccccc3)co2)cc1. The van der Waals surface area contributed by atoms with Crippen molar-refractivity contribution in [1.82, 2.24) is 10.3 Å². The van der Waals surface area contributed by atoms with Gasteiger partial charge in [0.2, 0.25) is 5.89 Å². The normalized spacial score (nSPS) is 10.4. The summed E-state index contributed by atoms with van der Waals surface area (Å²) in [4.78, 5) is 16.3. The molecule has 0 bridgehead atoms. The largest absolute Gasteiger partial charge is 0.444 e. The van der Waals surface area contributed by atoms with E-state index in [9.17, 15) is 4.79 Å². The van der Waals surface area contributed by atoms with E-state index >= 15 is 0 Å². The number of aromatic nitrogens is 1. The molecule has 3 N–H and O–H groups in total. The van der Waals surface area contributed by atoms with E-state index in [1.165, 1.54) is 6.26 Å². The first-order valence-electron chi connectivity index (χ1n) is 6.86. The van der Waals surface area contributed by atoms with Crippen molar-refractivity contribution in [3.05, 3.63) is 72.1 Å². The first-order chi connectivity index (χ1) is 10.7. The number of amides is 1. The standard InChI is InChI=1S/C17H15N3O2/c18-14-8-6-13(7-9-14)17-20-15(11-22-17)16(21)19-10-12-4-2-1-3-5-12/h1-9,11H,10,18H2,(H,19,21). The van der Waals surface area contributed by atoms with E-state index in [4.69, 9.17) is 10.2 Å². The van der Waals surface area contributed by atoms with Crippen molar-refractivity contribution in [1.29, 1.82) is 0 Å². The number of hydrogen-bond acceptors (Lipinski definition) is 4. The van der Waals surface area contributed by atoms with Crippen molar-refractivity contribution in [2.45, 2.75) is 6.54 Å². The van der Waals surface area contributed by atoms with Crippen molar-refractivity contribution < 1.29 is 9.21 Å². The van der Waals surface area contributed by atoms with Gasteiger partial charge in [-0.2, -0.15) is 0 Å². The molecule has 0 aliphatic carbocycles. The monoisotopic (exact) mass is 293 g/mol. The zero-order valence-corrected chi connectivity index (χ0v) is 11.8. The topological polar surface area (TPSA) is 81.1 Å². The fourth-order valence-electron chi connectivity index (χ4n) is 2.01. The lowest BCUT2D eigenvalue weighted by Gasteiger charge is -2.02. The van der Waals surface area contributed by atoms with Crippen LogP contribution in [0, 0.1) is 0 Å². The van der Waals surface area contributed by atoms with Gasteiger partial charge in [-0.05, 0) is 29.8 Å². The number of nitrogens with two attached hydrogens (primary N) is 1. The van der Waals surface area contributed by atoms with E-state index in [0.717, 1.165) is 11.1 Å². The van der Waals surface area contributed by atoms with Gasteiger partial charge in [0.05, 0.1) is 0 Å². The number of hydrogen-bond donors (Lipinski definition) is 2. The van der Waals surface area contributed by atoms with Crippen LogP contribution in [0.5, 0.6) is 0 Å². The maximum absolute atomic E-state index is 12.1. The molecule has 0 saturated carbocycles. The Morgan fingerprint density at radius 3 is 2.55 bits per heavy atom. The van der Waals surface area contributed by atoms with Crippen LogP contribution in [0.25, 0.3) is 11.5 Å². The predicted molar refractivity (Wildman–Crippen MR) is 84.0 cm³/mol. The Morgan fingerprint density at radius 1 is 1.09 bits per heavy atom. The van der Waals surface area contributed by atoms with Gasteiger partial charge in [-0.25, -0.2) is 4.98 Å². The summed E-state index contributed by atoms with van der Waals surface area (Å²) >= 11 is 0. The number of nitrogens with zero attached hydrogens (tertiary/aromatic N) is 1. The highest BCUT2D eigenvalue weighted by molar-refractivity contribution is 5.92. The summed E-state index contributed by atoms with van der Waals surface area (Å²) in [6.07, 6.45) is 1.35. The third-order valence-electron chi connectivity index (χ3n) is 3.19. The average molecular weight is 293 g/mol. The molecule has 0 fully saturated rings. The Labute approximate surface area is 127 Å². The molecule has 3 rings (SSSR count). The number of carbonyl (C=O) groups excluding carboxylic acids is 1. The fraction of sp³-hybridized carbons (Fsp3) is 0.0588. The van der Waals surface area contributed by atoms with Crippen LogP contribution in [0.15, 0.2) is 65.3 Å². The van der Waals surface area contributed by atoms with Crippen LogP contribution in [-0.2, 0) is 6.54 Å². The Balaban J connectivity index is 1.68. The second-order valence-electron chi connectivity index (χ2n) is 4.83. The number of nitrogen functional groups attached to an aromatic ring is 1. The van der Waals surface area contributed by atoms with E-state index in [-0.39, 0.29) is 11.6 Å². The first kappa shape index (κ1) is 13.9. The lowest BCUT2D eigenvalue weighted by molar-refractivity contribution is 0.0946. The zero-order chi connectivity index (χ0) is 15.4. The summed E-state index contributed by atoms with van der Waals surface area (Å²) in [5, 5.41) is 2.81. The van der Waals surface area contributed by atoms with E-state index in [1.807, 2.05) is 30.3 Å². The number of benzene rings is 2. The Kier molecular flexibility index (Phi) is 3.87. The van der Waals surface area contributed by atoms with Gasteiger partial charge >= 0.3 is 0 Å². The summed E-state index contributed by atoms with van der Waals surface area (Å²) in [6.45, 7) is 0.448. The van der Waals surface area contributed by atoms with Crippen molar-refractivity contribution in [3.8, 4) is 11.5 Å². The van der Waals surface area contributed by atoms with Gasteiger partial charge in [0.25, 0.3) is 5.91 Å². The van der Waals surface area contributed by atoms with Crippen molar-refractivity contribution in [2.75, 3.05) is 5.73 Å². The van der Waals surface area contributed by atoms with E-state index in [1.54, 1.807) is 24.3 Å². The van der Waals surface area contributed by atoms with Crippen molar-refractivity contribution in [3.63, 3.8) is 0 Å². The second-order valence-corrected chi connectivity index (χ2v) is 4.83. The van der Waals surface area contributed by atoms with Crippen LogP contribution in [-0.4, -0.2) is 10.9 Å². The Hall–Kier alpha value is -3.08. The molecule has 3 aromatic rings. The highest BCUT2D eigenvalue weighted by Crippen LogP contribution is 2.19. The molecule has 110 valence electrons. The molecular weight excluding hydrogens is 278 g/mol. The molecule has 5 heteroatoms. The Morgan fingerprint density at radius 2 is 1.82 bits per heavy atom.